The Balaban J connectivity index is 2.39. The highest BCUT2D eigenvalue weighted by molar-refractivity contribution is 7.80. The molecular formula is C8H15N3OS. The number of hydrogen-bond acceptors (Lipinski definition) is 3. The summed E-state index contributed by atoms with van der Waals surface area (Å²) in [6.45, 7) is 1.65. The third kappa shape index (κ3) is 2.93. The molecule has 0 spiro atoms. The van der Waals surface area contributed by atoms with E-state index in [1.165, 1.54) is 0 Å². The summed E-state index contributed by atoms with van der Waals surface area (Å²) in [7, 11) is 0. The molecule has 0 radical (unpaired) electrons. The molecule has 0 aromatic rings. The normalized spacial score (nSPS) is 23.2. The number of thiocarbonyl (C=S) groups is 1. The zero-order valence-corrected chi connectivity index (χ0v) is 8.35. The molecule has 1 saturated heterocycles. The van der Waals surface area contributed by atoms with Crippen molar-refractivity contribution in [2.24, 2.45) is 11.5 Å². The zero-order chi connectivity index (χ0) is 9.84. The second-order valence-electron chi connectivity index (χ2n) is 3.31. The van der Waals surface area contributed by atoms with Crippen molar-refractivity contribution in [2.75, 3.05) is 13.1 Å². The van der Waals surface area contributed by atoms with E-state index in [9.17, 15) is 4.79 Å². The van der Waals surface area contributed by atoms with Crippen LogP contribution < -0.4 is 11.5 Å². The zero-order valence-electron chi connectivity index (χ0n) is 7.53. The van der Waals surface area contributed by atoms with E-state index in [4.69, 9.17) is 23.7 Å². The van der Waals surface area contributed by atoms with Crippen molar-refractivity contribution in [1.29, 1.82) is 0 Å². The largest absolute Gasteiger partial charge is 0.392 e. The van der Waals surface area contributed by atoms with Crippen LogP contribution in [0.5, 0.6) is 0 Å². The van der Waals surface area contributed by atoms with Gasteiger partial charge in [0.05, 0.1) is 11.0 Å². The SMILES string of the molecule is NC(=O)CCN1CCCC1C(N)=S. The second-order valence-corrected chi connectivity index (χ2v) is 3.78. The van der Waals surface area contributed by atoms with Gasteiger partial charge in [-0.05, 0) is 19.4 Å². The number of primary amides is 1. The number of carbonyl (C=O) groups excluding carboxylic acids is 1. The number of carbonyl (C=O) groups is 1. The van der Waals surface area contributed by atoms with Gasteiger partial charge in [-0.2, -0.15) is 0 Å². The van der Waals surface area contributed by atoms with E-state index in [1.807, 2.05) is 0 Å². The molecule has 1 unspecified atom stereocenters. The van der Waals surface area contributed by atoms with Gasteiger partial charge in [0, 0.05) is 13.0 Å². The molecule has 4 N–H and O–H groups in total. The summed E-state index contributed by atoms with van der Waals surface area (Å²) in [5, 5.41) is 0. The quantitative estimate of drug-likeness (QED) is 0.608. The smallest absolute Gasteiger partial charge is 0.218 e. The van der Waals surface area contributed by atoms with E-state index in [0.29, 0.717) is 18.0 Å². The number of rotatable bonds is 4. The number of hydrogen-bond donors (Lipinski definition) is 2. The summed E-state index contributed by atoms with van der Waals surface area (Å²) in [5.41, 5.74) is 10.6. The summed E-state index contributed by atoms with van der Waals surface area (Å²) in [4.78, 5) is 13.2. The molecule has 13 heavy (non-hydrogen) atoms. The van der Waals surface area contributed by atoms with E-state index in [0.717, 1.165) is 19.4 Å². The standard InChI is InChI=1S/C8H15N3OS/c9-7(12)3-5-11-4-1-2-6(11)8(10)13/h6H,1-5H2,(H2,9,12)(H2,10,13). The van der Waals surface area contributed by atoms with Crippen LogP contribution in [-0.2, 0) is 4.79 Å². The minimum atomic E-state index is -0.270. The first kappa shape index (κ1) is 10.4. The predicted molar refractivity (Wildman–Crippen MR) is 55.2 cm³/mol. The first-order valence-electron chi connectivity index (χ1n) is 4.43. The van der Waals surface area contributed by atoms with Crippen LogP contribution in [0.25, 0.3) is 0 Å². The van der Waals surface area contributed by atoms with Crippen LogP contribution in [-0.4, -0.2) is 34.9 Å². The van der Waals surface area contributed by atoms with Crippen LogP contribution in [0.2, 0.25) is 0 Å². The van der Waals surface area contributed by atoms with Crippen molar-refractivity contribution in [3.8, 4) is 0 Å². The lowest BCUT2D eigenvalue weighted by molar-refractivity contribution is -0.118. The minimum absolute atomic E-state index is 0.175. The third-order valence-electron chi connectivity index (χ3n) is 2.34. The lowest BCUT2D eigenvalue weighted by Crippen LogP contribution is -2.40. The Morgan fingerprint density at radius 2 is 2.23 bits per heavy atom. The lowest BCUT2D eigenvalue weighted by Gasteiger charge is -2.22. The van der Waals surface area contributed by atoms with Crippen molar-refractivity contribution in [1.82, 2.24) is 4.90 Å². The van der Waals surface area contributed by atoms with Gasteiger partial charge in [-0.1, -0.05) is 12.2 Å². The van der Waals surface area contributed by atoms with Gasteiger partial charge < -0.3 is 11.5 Å². The second kappa shape index (κ2) is 4.53. The Hall–Kier alpha value is -0.680. The Bertz CT molecular complexity index is 219. The van der Waals surface area contributed by atoms with E-state index >= 15 is 0 Å². The van der Waals surface area contributed by atoms with Crippen LogP contribution in [0.15, 0.2) is 0 Å². The van der Waals surface area contributed by atoms with Crippen molar-refractivity contribution in [3.05, 3.63) is 0 Å². The molecule has 4 nitrogen and oxygen atoms in total. The van der Waals surface area contributed by atoms with Gasteiger partial charge in [0.15, 0.2) is 0 Å². The molecule has 1 heterocycles. The van der Waals surface area contributed by atoms with Gasteiger partial charge >= 0.3 is 0 Å². The molecule has 1 atom stereocenters. The summed E-state index contributed by atoms with van der Waals surface area (Å²) < 4.78 is 0. The molecule has 1 aliphatic heterocycles. The van der Waals surface area contributed by atoms with Crippen LogP contribution in [0.4, 0.5) is 0 Å². The number of nitrogens with two attached hydrogens (primary N) is 2. The van der Waals surface area contributed by atoms with Crippen molar-refractivity contribution in [3.63, 3.8) is 0 Å². The fourth-order valence-electron chi connectivity index (χ4n) is 1.67. The molecular weight excluding hydrogens is 186 g/mol. The molecule has 1 rings (SSSR count). The van der Waals surface area contributed by atoms with Gasteiger partial charge in [0.2, 0.25) is 5.91 Å². The Kier molecular flexibility index (Phi) is 3.62. The highest BCUT2D eigenvalue weighted by Crippen LogP contribution is 2.17. The topological polar surface area (TPSA) is 72.4 Å². The molecule has 5 heteroatoms. The lowest BCUT2D eigenvalue weighted by atomic mass is 10.2. The fourth-order valence-corrected chi connectivity index (χ4v) is 1.94. The van der Waals surface area contributed by atoms with Crippen molar-refractivity contribution >= 4 is 23.1 Å². The molecule has 1 fully saturated rings. The average Bonchev–Trinajstić information content (AvgIpc) is 2.47. The number of likely N-dealkylation sites (tertiary alicyclic amines) is 1. The minimum Gasteiger partial charge on any atom is -0.392 e. The van der Waals surface area contributed by atoms with E-state index < -0.39 is 0 Å². The van der Waals surface area contributed by atoms with Gasteiger partial charge in [-0.15, -0.1) is 0 Å². The van der Waals surface area contributed by atoms with Crippen molar-refractivity contribution in [2.45, 2.75) is 25.3 Å². The Morgan fingerprint density at radius 3 is 2.77 bits per heavy atom. The predicted octanol–water partition coefficient (Wildman–Crippen LogP) is -0.388. The third-order valence-corrected chi connectivity index (χ3v) is 2.61. The molecule has 0 aromatic carbocycles. The monoisotopic (exact) mass is 201 g/mol. The summed E-state index contributed by atoms with van der Waals surface area (Å²) in [5.74, 6) is -0.270. The van der Waals surface area contributed by atoms with E-state index in [1.54, 1.807) is 0 Å². The van der Waals surface area contributed by atoms with Crippen LogP contribution >= 0.6 is 12.2 Å². The van der Waals surface area contributed by atoms with E-state index in [-0.39, 0.29) is 11.9 Å². The number of amides is 1. The highest BCUT2D eigenvalue weighted by Gasteiger charge is 2.26. The van der Waals surface area contributed by atoms with Crippen molar-refractivity contribution < 1.29 is 4.79 Å². The van der Waals surface area contributed by atoms with Crippen LogP contribution in [0.3, 0.4) is 0 Å². The summed E-state index contributed by atoms with van der Waals surface area (Å²) in [6, 6.07) is 0.175. The van der Waals surface area contributed by atoms with Gasteiger partial charge in [-0.25, -0.2) is 0 Å². The molecule has 0 saturated carbocycles. The highest BCUT2D eigenvalue weighted by atomic mass is 32.1. The number of nitrogens with zero attached hydrogens (tertiary/aromatic N) is 1. The maximum Gasteiger partial charge on any atom is 0.218 e. The average molecular weight is 201 g/mol. The molecule has 0 aromatic heterocycles. The summed E-state index contributed by atoms with van der Waals surface area (Å²) >= 11 is 4.93. The van der Waals surface area contributed by atoms with Crippen LogP contribution in [0, 0.1) is 0 Å². The van der Waals surface area contributed by atoms with Gasteiger partial charge in [0.25, 0.3) is 0 Å². The maximum atomic E-state index is 10.6. The van der Waals surface area contributed by atoms with Gasteiger partial charge in [-0.3, -0.25) is 9.69 Å². The molecule has 1 aliphatic rings. The Labute approximate surface area is 83.2 Å². The fraction of sp³-hybridized carbons (Fsp3) is 0.750. The summed E-state index contributed by atoms with van der Waals surface area (Å²) in [6.07, 6.45) is 2.49. The Morgan fingerprint density at radius 1 is 1.54 bits per heavy atom. The van der Waals surface area contributed by atoms with Crippen LogP contribution in [0.1, 0.15) is 19.3 Å². The first-order valence-corrected chi connectivity index (χ1v) is 4.83. The van der Waals surface area contributed by atoms with E-state index in [2.05, 4.69) is 4.90 Å². The molecule has 74 valence electrons. The first-order chi connectivity index (χ1) is 6.11. The molecule has 0 bridgehead atoms. The molecule has 1 amide bonds. The van der Waals surface area contributed by atoms with Gasteiger partial charge in [0.1, 0.15) is 0 Å². The maximum absolute atomic E-state index is 10.6. The molecule has 0 aliphatic carbocycles.